The van der Waals surface area contributed by atoms with Gasteiger partial charge in [0.25, 0.3) is 10.0 Å². The Bertz CT molecular complexity index is 1460. The van der Waals surface area contributed by atoms with E-state index < -0.39 is 16.1 Å². The molecule has 2 heterocycles. The summed E-state index contributed by atoms with van der Waals surface area (Å²) in [6, 6.07) is 9.60. The summed E-state index contributed by atoms with van der Waals surface area (Å²) in [6.07, 6.45) is 2.86. The molecule has 35 heavy (non-hydrogen) atoms. The average molecular weight is 502 g/mol. The first kappa shape index (κ1) is 23.9. The fourth-order valence-corrected chi connectivity index (χ4v) is 4.61. The van der Waals surface area contributed by atoms with Crippen LogP contribution < -0.4 is 19.5 Å². The largest absolute Gasteiger partial charge is 0.496 e. The van der Waals surface area contributed by atoms with Crippen LogP contribution in [0.4, 0.5) is 10.6 Å². The lowest BCUT2D eigenvalue weighted by Crippen LogP contribution is -2.21. The lowest BCUT2D eigenvalue weighted by atomic mass is 10.1. The number of fused-ring (bicyclic) bond motifs is 1. The molecule has 0 aliphatic heterocycles. The molecule has 0 unspecified atom stereocenters. The summed E-state index contributed by atoms with van der Waals surface area (Å²) in [6.45, 7) is 0.598. The van der Waals surface area contributed by atoms with E-state index in [4.69, 9.17) is 14.0 Å². The molecule has 184 valence electrons. The van der Waals surface area contributed by atoms with Crippen LogP contribution in [0.1, 0.15) is 11.1 Å². The number of nitrogens with one attached hydrogen (secondary N) is 2. The zero-order chi connectivity index (χ0) is 25.0. The third-order valence-electron chi connectivity index (χ3n) is 5.10. The van der Waals surface area contributed by atoms with Gasteiger partial charge in [-0.25, -0.2) is 13.2 Å². The van der Waals surface area contributed by atoms with Crippen LogP contribution in [-0.2, 0) is 27.8 Å². The monoisotopic (exact) mass is 501 g/mol. The maximum absolute atomic E-state index is 13.0. The molecule has 2 aromatic carbocycles. The highest BCUT2D eigenvalue weighted by Crippen LogP contribution is 2.33. The van der Waals surface area contributed by atoms with Crippen LogP contribution in [0.15, 0.2) is 58.2 Å². The maximum Gasteiger partial charge on any atom is 0.407 e. The Hall–Kier alpha value is -4.26. The number of para-hydroxylation sites is 1. The van der Waals surface area contributed by atoms with E-state index in [1.165, 1.54) is 27.4 Å². The van der Waals surface area contributed by atoms with E-state index in [2.05, 4.69) is 25.0 Å². The minimum absolute atomic E-state index is 0.0195. The Morgan fingerprint density at radius 3 is 2.63 bits per heavy atom. The number of nitrogens with zero attached hydrogens (tertiary/aromatic N) is 3. The lowest BCUT2D eigenvalue weighted by molar-refractivity contribution is 0.170. The molecule has 0 spiro atoms. The molecule has 12 nitrogen and oxygen atoms in total. The third kappa shape index (κ3) is 5.14. The van der Waals surface area contributed by atoms with Crippen molar-refractivity contribution < 1.29 is 31.9 Å². The predicted molar refractivity (Wildman–Crippen MR) is 125 cm³/mol. The van der Waals surface area contributed by atoms with E-state index in [1.54, 1.807) is 47.4 Å². The Kier molecular flexibility index (Phi) is 6.78. The van der Waals surface area contributed by atoms with Crippen molar-refractivity contribution >= 4 is 32.9 Å². The number of carbonyl (C=O) groups is 1. The van der Waals surface area contributed by atoms with Crippen molar-refractivity contribution in [2.75, 3.05) is 26.1 Å². The number of benzene rings is 2. The number of hydrogen-bond donors (Lipinski definition) is 2. The van der Waals surface area contributed by atoms with E-state index in [9.17, 15) is 13.2 Å². The number of rotatable bonds is 9. The number of anilines is 1. The first-order chi connectivity index (χ1) is 16.8. The second-order valence-electron chi connectivity index (χ2n) is 7.34. The van der Waals surface area contributed by atoms with E-state index >= 15 is 0 Å². The van der Waals surface area contributed by atoms with Gasteiger partial charge in [-0.3, -0.25) is 9.40 Å². The Labute approximate surface area is 200 Å². The summed E-state index contributed by atoms with van der Waals surface area (Å²) < 4.78 is 50.7. The normalized spacial score (nSPS) is 11.3. The van der Waals surface area contributed by atoms with Crippen LogP contribution in [0.25, 0.3) is 11.0 Å². The third-order valence-corrected chi connectivity index (χ3v) is 6.48. The topological polar surface area (TPSA) is 147 Å². The maximum atomic E-state index is 13.0. The Morgan fingerprint density at radius 1 is 1.11 bits per heavy atom. The van der Waals surface area contributed by atoms with Gasteiger partial charge in [0.2, 0.25) is 0 Å². The van der Waals surface area contributed by atoms with Gasteiger partial charge in [-0.2, -0.15) is 5.10 Å². The summed E-state index contributed by atoms with van der Waals surface area (Å²) in [5, 5.41) is 11.2. The molecule has 13 heteroatoms. The van der Waals surface area contributed by atoms with Gasteiger partial charge in [-0.15, -0.1) is 0 Å². The van der Waals surface area contributed by atoms with Crippen molar-refractivity contribution in [2.45, 2.75) is 18.0 Å². The molecule has 2 aromatic heterocycles. The number of ether oxygens (including phenoxy) is 3. The fourth-order valence-electron chi connectivity index (χ4n) is 3.42. The number of alkyl carbamates (subject to hydrolysis) is 1. The standard InChI is InChI=1S/C22H23N5O7S/c1-31-17-6-4-5-7-20(17)35(29,30)26-21-16-9-18(32-2)15(8-19(16)34-25-21)13-27-12-14(11-24-27)10-23-22(28)33-3/h4-9,11-12H,10,13H2,1-3H3,(H,23,28)(H,25,26). The highest BCUT2D eigenvalue weighted by atomic mass is 32.2. The Morgan fingerprint density at radius 2 is 1.89 bits per heavy atom. The van der Waals surface area contributed by atoms with Crippen molar-refractivity contribution in [2.24, 2.45) is 0 Å². The molecule has 1 amide bonds. The van der Waals surface area contributed by atoms with Gasteiger partial charge >= 0.3 is 6.09 Å². The van der Waals surface area contributed by atoms with E-state index in [0.717, 1.165) is 11.1 Å². The molecule has 0 radical (unpaired) electrons. The molecule has 4 aromatic rings. The number of sulfonamides is 1. The van der Waals surface area contributed by atoms with Gasteiger partial charge < -0.3 is 24.1 Å². The average Bonchev–Trinajstić information content (AvgIpc) is 3.48. The zero-order valence-electron chi connectivity index (χ0n) is 19.1. The van der Waals surface area contributed by atoms with E-state index in [1.807, 2.05) is 0 Å². The van der Waals surface area contributed by atoms with Crippen LogP contribution in [-0.4, -0.2) is 50.8 Å². The van der Waals surface area contributed by atoms with Crippen molar-refractivity contribution in [1.82, 2.24) is 20.3 Å². The number of carbonyl (C=O) groups excluding carboxylic acids is 1. The van der Waals surface area contributed by atoms with Crippen LogP contribution in [0, 0.1) is 0 Å². The fraction of sp³-hybridized carbons (Fsp3) is 0.227. The smallest absolute Gasteiger partial charge is 0.407 e. The van der Waals surface area contributed by atoms with E-state index in [0.29, 0.717) is 23.3 Å². The molecule has 2 N–H and O–H groups in total. The highest BCUT2D eigenvalue weighted by molar-refractivity contribution is 7.92. The molecular weight excluding hydrogens is 478 g/mol. The van der Waals surface area contributed by atoms with Crippen molar-refractivity contribution in [3.05, 3.63) is 59.9 Å². The lowest BCUT2D eigenvalue weighted by Gasteiger charge is -2.11. The van der Waals surface area contributed by atoms with Gasteiger partial charge in [-0.05, 0) is 24.3 Å². The first-order valence-electron chi connectivity index (χ1n) is 10.3. The van der Waals surface area contributed by atoms with Gasteiger partial charge in [0.1, 0.15) is 16.4 Å². The number of hydrogen-bond acceptors (Lipinski definition) is 9. The van der Waals surface area contributed by atoms with Crippen LogP contribution in [0.3, 0.4) is 0 Å². The quantitative estimate of drug-likeness (QED) is 0.353. The molecule has 0 aliphatic carbocycles. The summed E-state index contributed by atoms with van der Waals surface area (Å²) in [4.78, 5) is 11.2. The van der Waals surface area contributed by atoms with E-state index in [-0.39, 0.29) is 23.0 Å². The van der Waals surface area contributed by atoms with Crippen molar-refractivity contribution in [1.29, 1.82) is 0 Å². The predicted octanol–water partition coefficient (Wildman–Crippen LogP) is 2.75. The minimum Gasteiger partial charge on any atom is -0.496 e. The summed E-state index contributed by atoms with van der Waals surface area (Å²) in [5.41, 5.74) is 1.87. The summed E-state index contributed by atoms with van der Waals surface area (Å²) in [7, 11) is 0.192. The minimum atomic E-state index is -4.00. The Balaban J connectivity index is 1.58. The SMILES string of the molecule is COC(=O)NCc1cnn(Cc2cc3onc(NS(=O)(=O)c4ccccc4OC)c3cc2OC)c1. The molecular formula is C22H23N5O7S. The number of methoxy groups -OCH3 is 3. The van der Waals surface area contributed by atoms with Gasteiger partial charge in [0, 0.05) is 23.9 Å². The first-order valence-corrected chi connectivity index (χ1v) is 11.8. The molecule has 0 saturated carbocycles. The summed E-state index contributed by atoms with van der Waals surface area (Å²) in [5.74, 6) is 0.710. The van der Waals surface area contributed by atoms with Crippen LogP contribution >= 0.6 is 0 Å². The second-order valence-corrected chi connectivity index (χ2v) is 8.99. The van der Waals surface area contributed by atoms with Crippen molar-refractivity contribution in [3.8, 4) is 11.5 Å². The second kappa shape index (κ2) is 9.93. The van der Waals surface area contributed by atoms with Gasteiger partial charge in [0.05, 0.1) is 39.5 Å². The number of aromatic nitrogens is 3. The van der Waals surface area contributed by atoms with Crippen LogP contribution in [0.2, 0.25) is 0 Å². The molecule has 0 saturated heterocycles. The number of amides is 1. The van der Waals surface area contributed by atoms with Gasteiger partial charge in [0.15, 0.2) is 11.4 Å². The van der Waals surface area contributed by atoms with Gasteiger partial charge in [-0.1, -0.05) is 17.3 Å². The highest BCUT2D eigenvalue weighted by Gasteiger charge is 2.23. The molecule has 0 atom stereocenters. The summed E-state index contributed by atoms with van der Waals surface area (Å²) >= 11 is 0. The van der Waals surface area contributed by atoms with Crippen LogP contribution in [0.5, 0.6) is 11.5 Å². The molecule has 0 aliphatic rings. The molecule has 0 fully saturated rings. The zero-order valence-corrected chi connectivity index (χ0v) is 20.0. The molecule has 0 bridgehead atoms. The van der Waals surface area contributed by atoms with Crippen molar-refractivity contribution in [3.63, 3.8) is 0 Å². The molecule has 4 rings (SSSR count).